The van der Waals surface area contributed by atoms with E-state index in [0.29, 0.717) is 0 Å². The lowest BCUT2D eigenvalue weighted by atomic mass is 10.2. The molecule has 2 nitrogen and oxygen atoms in total. The van der Waals surface area contributed by atoms with E-state index in [1.165, 1.54) is 10.6 Å². The Bertz CT molecular complexity index is 224. The third-order valence-corrected chi connectivity index (χ3v) is 2.22. The Morgan fingerprint density at radius 3 is 2.00 bits per heavy atom. The second kappa shape index (κ2) is 4.24. The summed E-state index contributed by atoms with van der Waals surface area (Å²) >= 11 is 0. The van der Waals surface area contributed by atoms with Crippen molar-refractivity contribution in [2.75, 3.05) is 13.1 Å². The zero-order valence-electron chi connectivity index (χ0n) is 7.93. The summed E-state index contributed by atoms with van der Waals surface area (Å²) in [6.45, 7) is 6.70. The first-order chi connectivity index (χ1) is 5.77. The van der Waals surface area contributed by atoms with Crippen molar-refractivity contribution < 1.29 is 10.6 Å². The SMILES string of the molecule is CC[NH+](CC)c1ccc([NH3+])cc1. The molecule has 0 radical (unpaired) electrons. The molecule has 0 fully saturated rings. The van der Waals surface area contributed by atoms with Crippen LogP contribution in [0.1, 0.15) is 13.8 Å². The van der Waals surface area contributed by atoms with E-state index in [1.807, 2.05) is 0 Å². The number of quaternary nitrogens is 2. The second-order valence-corrected chi connectivity index (χ2v) is 3.01. The van der Waals surface area contributed by atoms with Crippen molar-refractivity contribution in [3.05, 3.63) is 24.3 Å². The third-order valence-electron chi connectivity index (χ3n) is 2.22. The molecule has 0 aliphatic heterocycles. The minimum atomic E-state index is 1.09. The van der Waals surface area contributed by atoms with Crippen LogP contribution in [-0.4, -0.2) is 13.1 Å². The second-order valence-electron chi connectivity index (χ2n) is 3.01. The summed E-state index contributed by atoms with van der Waals surface area (Å²) in [6.07, 6.45) is 0. The number of hydrogen-bond donors (Lipinski definition) is 2. The van der Waals surface area contributed by atoms with Crippen LogP contribution in [0, 0.1) is 0 Å². The molecule has 0 aliphatic rings. The summed E-state index contributed by atoms with van der Waals surface area (Å²) in [5, 5.41) is 0. The van der Waals surface area contributed by atoms with Gasteiger partial charge in [-0.05, 0) is 13.8 Å². The Hall–Kier alpha value is -0.860. The van der Waals surface area contributed by atoms with Crippen LogP contribution in [0.15, 0.2) is 24.3 Å². The largest absolute Gasteiger partial charge is 0.325 e. The van der Waals surface area contributed by atoms with Crippen LogP contribution in [0.25, 0.3) is 0 Å². The first kappa shape index (κ1) is 9.23. The van der Waals surface area contributed by atoms with Gasteiger partial charge in [0.15, 0.2) is 0 Å². The van der Waals surface area contributed by atoms with Gasteiger partial charge < -0.3 is 10.6 Å². The Labute approximate surface area is 74.0 Å². The quantitative estimate of drug-likeness (QED) is 0.639. The molecule has 0 saturated carbocycles. The molecule has 1 rings (SSSR count). The van der Waals surface area contributed by atoms with Gasteiger partial charge in [-0.25, -0.2) is 0 Å². The van der Waals surface area contributed by atoms with Gasteiger partial charge in [0.2, 0.25) is 0 Å². The van der Waals surface area contributed by atoms with E-state index in [1.54, 1.807) is 0 Å². The number of hydrogen-bond acceptors (Lipinski definition) is 0. The molecular formula is C10H18N2+2. The molecule has 0 amide bonds. The summed E-state index contributed by atoms with van der Waals surface area (Å²) in [4.78, 5) is 1.52. The fraction of sp³-hybridized carbons (Fsp3) is 0.400. The lowest BCUT2D eigenvalue weighted by molar-refractivity contribution is -0.828. The highest BCUT2D eigenvalue weighted by Gasteiger charge is 2.05. The highest BCUT2D eigenvalue weighted by Crippen LogP contribution is 2.04. The fourth-order valence-corrected chi connectivity index (χ4v) is 1.40. The standard InChI is InChI=1S/C10H16N2/c1-3-12(4-2)10-7-5-9(11)6-8-10/h5-8H,3-4,11H2,1-2H3/p+2. The van der Waals surface area contributed by atoms with Gasteiger partial charge in [-0.1, -0.05) is 0 Å². The third kappa shape index (κ3) is 2.06. The van der Waals surface area contributed by atoms with Gasteiger partial charge in [0, 0.05) is 24.3 Å². The highest BCUT2D eigenvalue weighted by molar-refractivity contribution is 5.38. The maximum Gasteiger partial charge on any atom is 0.131 e. The molecule has 0 aromatic heterocycles. The number of rotatable bonds is 3. The van der Waals surface area contributed by atoms with Crippen molar-refractivity contribution in [3.63, 3.8) is 0 Å². The predicted octanol–water partition coefficient (Wildman–Crippen LogP) is 0.116. The van der Waals surface area contributed by atoms with Crippen LogP contribution in [0.2, 0.25) is 0 Å². The molecule has 0 spiro atoms. The van der Waals surface area contributed by atoms with Crippen LogP contribution < -0.4 is 10.6 Å². The maximum atomic E-state index is 3.86. The zero-order valence-corrected chi connectivity index (χ0v) is 7.93. The van der Waals surface area contributed by atoms with Crippen LogP contribution in [-0.2, 0) is 0 Å². The van der Waals surface area contributed by atoms with Crippen molar-refractivity contribution in [1.82, 2.24) is 0 Å². The van der Waals surface area contributed by atoms with E-state index in [2.05, 4.69) is 43.8 Å². The zero-order chi connectivity index (χ0) is 8.97. The number of nitrogens with one attached hydrogen (secondary N) is 1. The van der Waals surface area contributed by atoms with Gasteiger partial charge in [-0.3, -0.25) is 0 Å². The number of benzene rings is 1. The summed E-state index contributed by atoms with van der Waals surface area (Å²) in [5.74, 6) is 0. The van der Waals surface area contributed by atoms with Crippen molar-refractivity contribution in [2.24, 2.45) is 0 Å². The topological polar surface area (TPSA) is 32.1 Å². The molecule has 0 bridgehead atoms. The van der Waals surface area contributed by atoms with Gasteiger partial charge in [0.25, 0.3) is 0 Å². The van der Waals surface area contributed by atoms with E-state index >= 15 is 0 Å². The van der Waals surface area contributed by atoms with Crippen LogP contribution in [0.3, 0.4) is 0 Å². The van der Waals surface area contributed by atoms with Gasteiger partial charge >= 0.3 is 0 Å². The normalized spacial score (nSPS) is 10.7. The first-order valence-corrected chi connectivity index (χ1v) is 4.55. The fourth-order valence-electron chi connectivity index (χ4n) is 1.40. The smallest absolute Gasteiger partial charge is 0.131 e. The maximum absolute atomic E-state index is 3.86. The molecule has 66 valence electrons. The van der Waals surface area contributed by atoms with Crippen LogP contribution in [0.5, 0.6) is 0 Å². The summed E-state index contributed by atoms with van der Waals surface area (Å²) in [5.41, 5.74) is 6.32. The summed E-state index contributed by atoms with van der Waals surface area (Å²) in [7, 11) is 0. The Morgan fingerprint density at radius 1 is 1.08 bits per heavy atom. The van der Waals surface area contributed by atoms with E-state index in [9.17, 15) is 0 Å². The monoisotopic (exact) mass is 166 g/mol. The Kier molecular flexibility index (Phi) is 3.26. The highest BCUT2D eigenvalue weighted by atomic mass is 15.1. The van der Waals surface area contributed by atoms with Gasteiger partial charge in [0.05, 0.1) is 13.1 Å². The molecule has 0 aliphatic carbocycles. The molecule has 12 heavy (non-hydrogen) atoms. The lowest BCUT2D eigenvalue weighted by Gasteiger charge is -2.13. The molecule has 0 atom stereocenters. The molecule has 0 heterocycles. The Balaban J connectivity index is 2.80. The van der Waals surface area contributed by atoms with Crippen molar-refractivity contribution in [3.8, 4) is 0 Å². The molecule has 1 aromatic carbocycles. The predicted molar refractivity (Wildman–Crippen MR) is 50.7 cm³/mol. The first-order valence-electron chi connectivity index (χ1n) is 4.55. The molecule has 4 N–H and O–H groups in total. The van der Waals surface area contributed by atoms with E-state index < -0.39 is 0 Å². The van der Waals surface area contributed by atoms with Gasteiger partial charge in [-0.2, -0.15) is 0 Å². The molecule has 0 saturated heterocycles. The molecule has 1 aromatic rings. The average molecular weight is 166 g/mol. The summed E-state index contributed by atoms with van der Waals surface area (Å²) < 4.78 is 0. The molecule has 0 unspecified atom stereocenters. The van der Waals surface area contributed by atoms with Crippen LogP contribution >= 0.6 is 0 Å². The van der Waals surface area contributed by atoms with Gasteiger partial charge in [-0.15, -0.1) is 0 Å². The van der Waals surface area contributed by atoms with Gasteiger partial charge in [0.1, 0.15) is 11.4 Å². The average Bonchev–Trinajstić information content (AvgIpc) is 2.10. The summed E-state index contributed by atoms with van der Waals surface area (Å²) in [6, 6.07) is 8.46. The van der Waals surface area contributed by atoms with E-state index in [4.69, 9.17) is 0 Å². The van der Waals surface area contributed by atoms with E-state index in [-0.39, 0.29) is 0 Å². The van der Waals surface area contributed by atoms with E-state index in [0.717, 1.165) is 18.8 Å². The molecule has 2 heteroatoms. The minimum Gasteiger partial charge on any atom is -0.325 e. The van der Waals surface area contributed by atoms with Crippen molar-refractivity contribution >= 4 is 11.4 Å². The molecular weight excluding hydrogens is 148 g/mol. The Morgan fingerprint density at radius 2 is 1.58 bits per heavy atom. The van der Waals surface area contributed by atoms with Crippen molar-refractivity contribution in [2.45, 2.75) is 13.8 Å². The lowest BCUT2D eigenvalue weighted by Crippen LogP contribution is -3.06. The van der Waals surface area contributed by atoms with Crippen LogP contribution in [0.4, 0.5) is 11.4 Å². The minimum absolute atomic E-state index is 1.09. The van der Waals surface area contributed by atoms with Crippen molar-refractivity contribution in [1.29, 1.82) is 0 Å².